The lowest BCUT2D eigenvalue weighted by Gasteiger charge is -2.35. The standard InChI is InChI=1S/C12H21FN2O/c13-7-10-3-2-6-15(9-10)12(16)11-4-1-5-14-8-11/h10-11,14H,1-9H2/t10-,11-/m1/s1. The molecular weight excluding hydrogens is 207 g/mol. The molecule has 16 heavy (non-hydrogen) atoms. The molecule has 4 heteroatoms. The molecule has 0 saturated carbocycles. The van der Waals surface area contributed by atoms with E-state index in [0.717, 1.165) is 45.3 Å². The second-order valence-electron chi connectivity index (χ2n) is 4.99. The minimum Gasteiger partial charge on any atom is -0.342 e. The highest BCUT2D eigenvalue weighted by molar-refractivity contribution is 5.79. The van der Waals surface area contributed by atoms with E-state index in [-0.39, 0.29) is 24.4 Å². The summed E-state index contributed by atoms with van der Waals surface area (Å²) in [5.41, 5.74) is 0. The van der Waals surface area contributed by atoms with Gasteiger partial charge in [-0.15, -0.1) is 0 Å². The first-order valence-electron chi connectivity index (χ1n) is 6.36. The molecule has 92 valence electrons. The SMILES string of the molecule is O=C([C@@H]1CCCNC1)N1CCC[C@H](CF)C1. The zero-order valence-electron chi connectivity index (χ0n) is 9.75. The Bertz CT molecular complexity index is 241. The number of rotatable bonds is 2. The van der Waals surface area contributed by atoms with E-state index in [9.17, 15) is 9.18 Å². The third kappa shape index (κ3) is 2.73. The summed E-state index contributed by atoms with van der Waals surface area (Å²) in [5, 5.41) is 3.26. The predicted octanol–water partition coefficient (Wildman–Crippen LogP) is 1.19. The number of carbonyl (C=O) groups excluding carboxylic acids is 1. The van der Waals surface area contributed by atoms with Crippen LogP contribution in [-0.2, 0) is 4.79 Å². The van der Waals surface area contributed by atoms with Crippen LogP contribution in [0.2, 0.25) is 0 Å². The van der Waals surface area contributed by atoms with Crippen LogP contribution >= 0.6 is 0 Å². The van der Waals surface area contributed by atoms with Gasteiger partial charge in [-0.05, 0) is 32.2 Å². The summed E-state index contributed by atoms with van der Waals surface area (Å²) >= 11 is 0. The highest BCUT2D eigenvalue weighted by Gasteiger charge is 2.29. The lowest BCUT2D eigenvalue weighted by molar-refractivity contribution is -0.138. The van der Waals surface area contributed by atoms with Gasteiger partial charge in [-0.25, -0.2) is 0 Å². The molecule has 1 amide bonds. The van der Waals surface area contributed by atoms with Crippen molar-refractivity contribution in [2.24, 2.45) is 11.8 Å². The van der Waals surface area contributed by atoms with Crippen molar-refractivity contribution >= 4 is 5.91 Å². The van der Waals surface area contributed by atoms with E-state index in [1.54, 1.807) is 0 Å². The number of hydrogen-bond acceptors (Lipinski definition) is 2. The maximum absolute atomic E-state index is 12.6. The van der Waals surface area contributed by atoms with Gasteiger partial charge in [0.15, 0.2) is 0 Å². The average Bonchev–Trinajstić information content (AvgIpc) is 2.39. The highest BCUT2D eigenvalue weighted by atomic mass is 19.1. The number of nitrogens with one attached hydrogen (secondary N) is 1. The number of amides is 1. The van der Waals surface area contributed by atoms with Crippen molar-refractivity contribution in [2.45, 2.75) is 25.7 Å². The first-order chi connectivity index (χ1) is 7.81. The fourth-order valence-electron chi connectivity index (χ4n) is 2.71. The normalized spacial score (nSPS) is 31.4. The number of nitrogens with zero attached hydrogens (tertiary/aromatic N) is 1. The van der Waals surface area contributed by atoms with E-state index in [1.165, 1.54) is 0 Å². The summed E-state index contributed by atoms with van der Waals surface area (Å²) < 4.78 is 12.6. The van der Waals surface area contributed by atoms with Crippen molar-refractivity contribution < 1.29 is 9.18 Å². The first kappa shape index (κ1) is 11.8. The second-order valence-corrected chi connectivity index (χ2v) is 4.99. The molecule has 2 rings (SSSR count). The smallest absolute Gasteiger partial charge is 0.226 e. The Morgan fingerprint density at radius 2 is 2.25 bits per heavy atom. The van der Waals surface area contributed by atoms with Gasteiger partial charge < -0.3 is 10.2 Å². The summed E-state index contributed by atoms with van der Waals surface area (Å²) in [6.45, 7) is 3.00. The Morgan fingerprint density at radius 3 is 2.94 bits per heavy atom. The molecule has 2 aliphatic rings. The lowest BCUT2D eigenvalue weighted by atomic mass is 9.94. The third-order valence-corrected chi connectivity index (χ3v) is 3.69. The van der Waals surface area contributed by atoms with Crippen molar-refractivity contribution in [3.05, 3.63) is 0 Å². The van der Waals surface area contributed by atoms with Crippen molar-refractivity contribution in [1.29, 1.82) is 0 Å². The number of hydrogen-bond donors (Lipinski definition) is 1. The van der Waals surface area contributed by atoms with E-state index in [4.69, 9.17) is 0 Å². The Labute approximate surface area is 96.4 Å². The van der Waals surface area contributed by atoms with E-state index >= 15 is 0 Å². The maximum Gasteiger partial charge on any atom is 0.226 e. The average molecular weight is 228 g/mol. The van der Waals surface area contributed by atoms with Crippen LogP contribution in [0.3, 0.4) is 0 Å². The molecule has 0 bridgehead atoms. The molecule has 0 radical (unpaired) electrons. The summed E-state index contributed by atoms with van der Waals surface area (Å²) in [5.74, 6) is 0.451. The molecule has 0 aliphatic carbocycles. The molecule has 2 saturated heterocycles. The van der Waals surface area contributed by atoms with Crippen LogP contribution in [0.5, 0.6) is 0 Å². The number of likely N-dealkylation sites (tertiary alicyclic amines) is 1. The fraction of sp³-hybridized carbons (Fsp3) is 0.917. The van der Waals surface area contributed by atoms with Gasteiger partial charge in [0.05, 0.1) is 12.6 Å². The van der Waals surface area contributed by atoms with Crippen LogP contribution in [0.4, 0.5) is 4.39 Å². The van der Waals surface area contributed by atoms with E-state index in [1.807, 2.05) is 4.90 Å². The number of halogens is 1. The highest BCUT2D eigenvalue weighted by Crippen LogP contribution is 2.21. The van der Waals surface area contributed by atoms with Crippen LogP contribution in [0, 0.1) is 11.8 Å². The molecule has 0 aromatic rings. The molecule has 1 N–H and O–H groups in total. The van der Waals surface area contributed by atoms with Crippen molar-refractivity contribution in [3.63, 3.8) is 0 Å². The number of piperidine rings is 2. The molecule has 2 aliphatic heterocycles. The Balaban J connectivity index is 1.87. The van der Waals surface area contributed by atoms with E-state index < -0.39 is 0 Å². The third-order valence-electron chi connectivity index (χ3n) is 3.69. The number of alkyl halides is 1. The van der Waals surface area contributed by atoms with Gasteiger partial charge in [0.2, 0.25) is 5.91 Å². The summed E-state index contributed by atoms with van der Waals surface area (Å²) in [4.78, 5) is 14.1. The lowest BCUT2D eigenvalue weighted by Crippen LogP contribution is -2.47. The molecule has 2 fully saturated rings. The van der Waals surface area contributed by atoms with Gasteiger partial charge >= 0.3 is 0 Å². The van der Waals surface area contributed by atoms with Crippen LogP contribution in [0.15, 0.2) is 0 Å². The largest absolute Gasteiger partial charge is 0.342 e. The van der Waals surface area contributed by atoms with Gasteiger partial charge in [-0.2, -0.15) is 0 Å². The van der Waals surface area contributed by atoms with Gasteiger partial charge in [0.25, 0.3) is 0 Å². The van der Waals surface area contributed by atoms with Gasteiger partial charge in [-0.1, -0.05) is 0 Å². The zero-order chi connectivity index (χ0) is 11.4. The quantitative estimate of drug-likeness (QED) is 0.770. The Kier molecular flexibility index (Phi) is 4.16. The predicted molar refractivity (Wildman–Crippen MR) is 60.9 cm³/mol. The van der Waals surface area contributed by atoms with Gasteiger partial charge in [0, 0.05) is 25.6 Å². The first-order valence-corrected chi connectivity index (χ1v) is 6.36. The maximum atomic E-state index is 12.6. The zero-order valence-corrected chi connectivity index (χ0v) is 9.75. The molecule has 0 aromatic heterocycles. The van der Waals surface area contributed by atoms with Gasteiger partial charge in [0.1, 0.15) is 0 Å². The summed E-state index contributed by atoms with van der Waals surface area (Å²) in [6, 6.07) is 0. The molecule has 3 nitrogen and oxygen atoms in total. The van der Waals surface area contributed by atoms with Crippen molar-refractivity contribution in [3.8, 4) is 0 Å². The molecular formula is C12H21FN2O. The minimum absolute atomic E-state index is 0.0780. The summed E-state index contributed by atoms with van der Waals surface area (Å²) in [7, 11) is 0. The van der Waals surface area contributed by atoms with Crippen molar-refractivity contribution in [1.82, 2.24) is 10.2 Å². The van der Waals surface area contributed by atoms with Crippen LogP contribution in [0.25, 0.3) is 0 Å². The van der Waals surface area contributed by atoms with Crippen molar-refractivity contribution in [2.75, 3.05) is 32.9 Å². The molecule has 0 unspecified atom stereocenters. The fourth-order valence-corrected chi connectivity index (χ4v) is 2.71. The van der Waals surface area contributed by atoms with Gasteiger partial charge in [-0.3, -0.25) is 9.18 Å². The van der Waals surface area contributed by atoms with Crippen LogP contribution in [-0.4, -0.2) is 43.7 Å². The topological polar surface area (TPSA) is 32.3 Å². The Morgan fingerprint density at radius 1 is 1.38 bits per heavy atom. The number of carbonyl (C=O) groups is 1. The molecule has 0 aromatic carbocycles. The van der Waals surface area contributed by atoms with E-state index in [2.05, 4.69) is 5.32 Å². The molecule has 2 atom stereocenters. The Hall–Kier alpha value is -0.640. The van der Waals surface area contributed by atoms with E-state index in [0.29, 0.717) is 6.54 Å². The summed E-state index contributed by atoms with van der Waals surface area (Å²) in [6.07, 6.45) is 3.96. The monoisotopic (exact) mass is 228 g/mol. The van der Waals surface area contributed by atoms with Crippen LogP contribution in [0.1, 0.15) is 25.7 Å². The second kappa shape index (κ2) is 5.62. The van der Waals surface area contributed by atoms with Crippen LogP contribution < -0.4 is 5.32 Å². The molecule has 2 heterocycles. The molecule has 0 spiro atoms. The minimum atomic E-state index is -0.285.